The van der Waals surface area contributed by atoms with Gasteiger partial charge in [-0.3, -0.25) is 5.41 Å². The molecule has 3 heteroatoms. The van der Waals surface area contributed by atoms with Gasteiger partial charge in [0.25, 0.3) is 0 Å². The van der Waals surface area contributed by atoms with Crippen molar-refractivity contribution >= 4 is 44.1 Å². The van der Waals surface area contributed by atoms with Crippen molar-refractivity contribution in [3.63, 3.8) is 0 Å². The van der Waals surface area contributed by atoms with Gasteiger partial charge in [-0.2, -0.15) is 0 Å². The SMILES string of the molecule is N=C(c1ccccc1Br)c1ccccc1C1(N)CC=c2ccccc2=C1c1cccc2ccccc12. The van der Waals surface area contributed by atoms with Crippen molar-refractivity contribution < 1.29 is 0 Å². The monoisotopic (exact) mass is 528 g/mol. The zero-order chi connectivity index (χ0) is 24.7. The molecule has 0 aromatic heterocycles. The second-order valence-electron chi connectivity index (χ2n) is 9.27. The molecule has 1 aliphatic rings. The Labute approximate surface area is 219 Å². The summed E-state index contributed by atoms with van der Waals surface area (Å²) in [7, 11) is 0. The van der Waals surface area contributed by atoms with E-state index in [9.17, 15) is 5.41 Å². The van der Waals surface area contributed by atoms with Crippen LogP contribution < -0.4 is 16.2 Å². The maximum absolute atomic E-state index is 9.20. The third-order valence-corrected chi connectivity index (χ3v) is 7.89. The van der Waals surface area contributed by atoms with Crippen molar-refractivity contribution in [3.05, 3.63) is 152 Å². The first-order valence-corrected chi connectivity index (χ1v) is 12.9. The second-order valence-corrected chi connectivity index (χ2v) is 10.1. The van der Waals surface area contributed by atoms with Crippen LogP contribution in [-0.4, -0.2) is 5.71 Å². The first kappa shape index (κ1) is 22.7. The van der Waals surface area contributed by atoms with Crippen LogP contribution in [0.25, 0.3) is 22.4 Å². The van der Waals surface area contributed by atoms with E-state index in [2.05, 4.69) is 94.8 Å². The number of rotatable bonds is 4. The number of benzene rings is 5. The number of nitrogens with one attached hydrogen (secondary N) is 1. The standard InChI is InChI=1S/C33H25BrN2/c34-30-19-8-6-16-28(30)32(35)27-15-5-7-18-29(27)33(36)21-20-23-11-2-4-14-25(23)31(33)26-17-9-12-22-10-1-3-13-24(22)26/h1-20,35H,21,36H2. The highest BCUT2D eigenvalue weighted by atomic mass is 79.9. The molecule has 0 aliphatic heterocycles. The highest BCUT2D eigenvalue weighted by molar-refractivity contribution is 9.10. The molecule has 0 amide bonds. The summed E-state index contributed by atoms with van der Waals surface area (Å²) in [6, 6.07) is 39.4. The molecule has 0 spiro atoms. The highest BCUT2D eigenvalue weighted by Crippen LogP contribution is 2.41. The molecule has 1 aliphatic carbocycles. The van der Waals surface area contributed by atoms with Crippen LogP contribution in [0.1, 0.15) is 28.7 Å². The van der Waals surface area contributed by atoms with Gasteiger partial charge in [0, 0.05) is 15.6 Å². The molecule has 0 fully saturated rings. The van der Waals surface area contributed by atoms with Crippen LogP contribution in [0.3, 0.4) is 0 Å². The molecule has 0 saturated heterocycles. The van der Waals surface area contributed by atoms with Crippen molar-refractivity contribution in [1.82, 2.24) is 0 Å². The minimum absolute atomic E-state index is 0.457. The van der Waals surface area contributed by atoms with Gasteiger partial charge >= 0.3 is 0 Å². The molecule has 6 rings (SSSR count). The Balaban J connectivity index is 1.67. The van der Waals surface area contributed by atoms with Crippen molar-refractivity contribution in [3.8, 4) is 0 Å². The van der Waals surface area contributed by atoms with E-state index in [1.54, 1.807) is 0 Å². The fourth-order valence-corrected chi connectivity index (χ4v) is 5.97. The van der Waals surface area contributed by atoms with Crippen LogP contribution in [0.2, 0.25) is 0 Å². The summed E-state index contributed by atoms with van der Waals surface area (Å²) in [6.07, 6.45) is 2.88. The van der Waals surface area contributed by atoms with Gasteiger partial charge in [0.2, 0.25) is 0 Å². The van der Waals surface area contributed by atoms with Crippen LogP contribution in [0, 0.1) is 5.41 Å². The fourth-order valence-electron chi connectivity index (χ4n) is 5.49. The van der Waals surface area contributed by atoms with Crippen LogP contribution in [0.5, 0.6) is 0 Å². The lowest BCUT2D eigenvalue weighted by Gasteiger charge is -2.37. The summed E-state index contributed by atoms with van der Waals surface area (Å²) in [5, 5.41) is 13.9. The van der Waals surface area contributed by atoms with Crippen molar-refractivity contribution in [1.29, 1.82) is 5.41 Å². The van der Waals surface area contributed by atoms with Gasteiger partial charge in [-0.25, -0.2) is 0 Å². The molecule has 2 nitrogen and oxygen atoms in total. The lowest BCUT2D eigenvalue weighted by molar-refractivity contribution is 0.596. The van der Waals surface area contributed by atoms with Gasteiger partial charge < -0.3 is 5.73 Å². The molecule has 1 unspecified atom stereocenters. The predicted molar refractivity (Wildman–Crippen MR) is 154 cm³/mol. The predicted octanol–water partition coefficient (Wildman–Crippen LogP) is 6.26. The van der Waals surface area contributed by atoms with Gasteiger partial charge in [-0.05, 0) is 50.4 Å². The van der Waals surface area contributed by atoms with E-state index in [4.69, 9.17) is 5.73 Å². The van der Waals surface area contributed by atoms with Gasteiger partial charge in [-0.1, -0.05) is 131 Å². The molecule has 3 N–H and O–H groups in total. The van der Waals surface area contributed by atoms with Gasteiger partial charge in [0.15, 0.2) is 0 Å². The van der Waals surface area contributed by atoms with Crippen molar-refractivity contribution in [2.24, 2.45) is 5.73 Å². The Morgan fingerprint density at radius 2 is 1.39 bits per heavy atom. The number of fused-ring (bicyclic) bond motifs is 2. The number of nitrogens with two attached hydrogens (primary N) is 1. The Kier molecular flexibility index (Phi) is 5.67. The van der Waals surface area contributed by atoms with E-state index >= 15 is 0 Å². The number of hydrogen-bond donors (Lipinski definition) is 2. The van der Waals surface area contributed by atoms with Crippen LogP contribution >= 0.6 is 15.9 Å². The van der Waals surface area contributed by atoms with Gasteiger partial charge in [-0.15, -0.1) is 0 Å². The van der Waals surface area contributed by atoms with E-state index < -0.39 is 5.54 Å². The third kappa shape index (κ3) is 3.63. The maximum Gasteiger partial charge on any atom is 0.0719 e. The average Bonchev–Trinajstić information content (AvgIpc) is 2.93. The molecule has 174 valence electrons. The second kappa shape index (κ2) is 9.02. The lowest BCUT2D eigenvalue weighted by Crippen LogP contribution is -2.48. The minimum Gasteiger partial charge on any atom is -0.317 e. The van der Waals surface area contributed by atoms with E-state index in [0.29, 0.717) is 12.1 Å². The fraction of sp³-hybridized carbons (Fsp3) is 0.0606. The molecular weight excluding hydrogens is 504 g/mol. The molecule has 0 bridgehead atoms. The molecule has 0 heterocycles. The highest BCUT2D eigenvalue weighted by Gasteiger charge is 2.37. The van der Waals surface area contributed by atoms with Crippen LogP contribution in [0.15, 0.2) is 120 Å². The summed E-state index contributed by atoms with van der Waals surface area (Å²) >= 11 is 3.64. The first-order chi connectivity index (χ1) is 17.6. The summed E-state index contributed by atoms with van der Waals surface area (Å²) in [5.74, 6) is 0. The topological polar surface area (TPSA) is 49.9 Å². The third-order valence-electron chi connectivity index (χ3n) is 7.20. The molecule has 0 saturated carbocycles. The van der Waals surface area contributed by atoms with Crippen LogP contribution in [0.4, 0.5) is 0 Å². The summed E-state index contributed by atoms with van der Waals surface area (Å²) < 4.78 is 0.898. The normalized spacial score (nSPS) is 16.9. The van der Waals surface area contributed by atoms with Gasteiger partial charge in [0.1, 0.15) is 0 Å². The van der Waals surface area contributed by atoms with E-state index in [0.717, 1.165) is 37.5 Å². The van der Waals surface area contributed by atoms with E-state index in [1.165, 1.54) is 16.0 Å². The van der Waals surface area contributed by atoms with Crippen molar-refractivity contribution in [2.75, 3.05) is 0 Å². The van der Waals surface area contributed by atoms with E-state index in [1.807, 2.05) is 42.5 Å². The zero-order valence-electron chi connectivity index (χ0n) is 19.7. The zero-order valence-corrected chi connectivity index (χ0v) is 21.3. The maximum atomic E-state index is 9.20. The largest absolute Gasteiger partial charge is 0.317 e. The lowest BCUT2D eigenvalue weighted by atomic mass is 9.71. The Morgan fingerprint density at radius 3 is 2.25 bits per heavy atom. The Morgan fingerprint density at radius 1 is 0.722 bits per heavy atom. The molecule has 5 aromatic rings. The molecule has 36 heavy (non-hydrogen) atoms. The van der Waals surface area contributed by atoms with Gasteiger partial charge in [0.05, 0.1) is 11.3 Å². The number of halogens is 1. The van der Waals surface area contributed by atoms with E-state index in [-0.39, 0.29) is 0 Å². The summed E-state index contributed by atoms with van der Waals surface area (Å²) in [6.45, 7) is 0. The summed E-state index contributed by atoms with van der Waals surface area (Å²) in [4.78, 5) is 0. The minimum atomic E-state index is -0.817. The molecule has 0 radical (unpaired) electrons. The average molecular weight is 529 g/mol. The Hall–Kier alpha value is -3.79. The first-order valence-electron chi connectivity index (χ1n) is 12.1. The van der Waals surface area contributed by atoms with Crippen LogP contribution in [-0.2, 0) is 5.54 Å². The Bertz CT molecular complexity index is 1760. The molecule has 1 atom stereocenters. The molecule has 5 aromatic carbocycles. The quantitative estimate of drug-likeness (QED) is 0.266. The summed E-state index contributed by atoms with van der Waals surface area (Å²) in [5.41, 5.74) is 12.1. The number of hydrogen-bond acceptors (Lipinski definition) is 2. The van der Waals surface area contributed by atoms with Crippen molar-refractivity contribution in [2.45, 2.75) is 12.0 Å². The molecular formula is C33H25BrN2. The smallest absolute Gasteiger partial charge is 0.0719 e.